The van der Waals surface area contributed by atoms with E-state index in [0.29, 0.717) is 45.0 Å². The number of ether oxygens (including phenoxy) is 2. The minimum absolute atomic E-state index is 0.224. The van der Waals surface area contributed by atoms with Gasteiger partial charge in [-0.05, 0) is 78.0 Å². The van der Waals surface area contributed by atoms with Gasteiger partial charge < -0.3 is 20.1 Å². The summed E-state index contributed by atoms with van der Waals surface area (Å²) in [5.74, 6) is 2.38. The first-order valence-electron chi connectivity index (χ1n) is 13.8. The number of hydrogen-bond donors (Lipinski definition) is 2. The molecular formula is C32H34BrN5O3S. The van der Waals surface area contributed by atoms with Gasteiger partial charge in [-0.15, -0.1) is 5.10 Å². The molecular weight excluding hydrogens is 614 g/mol. The molecule has 8 nitrogen and oxygen atoms in total. The first-order chi connectivity index (χ1) is 20.3. The predicted octanol–water partition coefficient (Wildman–Crippen LogP) is 7.67. The lowest BCUT2D eigenvalue weighted by Crippen LogP contribution is -2.31. The molecule has 5 rings (SSSR count). The first kappa shape index (κ1) is 29.7. The number of thioether (sulfide) groups is 1. The molecule has 1 atom stereocenters. The highest BCUT2D eigenvalue weighted by atomic mass is 79.9. The molecule has 218 valence electrons. The van der Waals surface area contributed by atoms with Gasteiger partial charge >= 0.3 is 0 Å². The van der Waals surface area contributed by atoms with E-state index in [9.17, 15) is 4.79 Å². The summed E-state index contributed by atoms with van der Waals surface area (Å²) in [6.07, 6.45) is 1.00. The minimum atomic E-state index is -0.565. The lowest BCUT2D eigenvalue weighted by molar-refractivity contribution is -0.113. The lowest BCUT2D eigenvalue weighted by atomic mass is 9.94. The van der Waals surface area contributed by atoms with Gasteiger partial charge in [0.25, 0.3) is 5.91 Å². The van der Waals surface area contributed by atoms with Crippen LogP contribution in [-0.4, -0.2) is 33.5 Å². The summed E-state index contributed by atoms with van der Waals surface area (Å²) in [7, 11) is 1.61. The Bertz CT molecular complexity index is 1650. The van der Waals surface area contributed by atoms with Crippen molar-refractivity contribution in [1.29, 1.82) is 0 Å². The molecule has 1 unspecified atom stereocenters. The summed E-state index contributed by atoms with van der Waals surface area (Å²) in [6, 6.07) is 19.2. The molecule has 1 aliphatic heterocycles. The van der Waals surface area contributed by atoms with Crippen LogP contribution in [0.4, 0.5) is 11.6 Å². The molecule has 1 aliphatic rings. The number of amides is 1. The smallest absolute Gasteiger partial charge is 0.255 e. The summed E-state index contributed by atoms with van der Waals surface area (Å²) in [4.78, 5) is 18.7. The second-order valence-corrected chi connectivity index (χ2v) is 12.1. The van der Waals surface area contributed by atoms with Crippen LogP contribution in [0.3, 0.4) is 0 Å². The predicted molar refractivity (Wildman–Crippen MR) is 172 cm³/mol. The third kappa shape index (κ3) is 6.34. The summed E-state index contributed by atoms with van der Waals surface area (Å²) >= 11 is 5.31. The SMILES string of the molecule is CCCSc1nc2n(n1)C(c1cc(Br)c(OCc3cccc(C)c3)c(OC)c1)C(C(=O)Nc1ccccc1C)=C(C)N2. The van der Waals surface area contributed by atoms with Crippen LogP contribution in [0.25, 0.3) is 0 Å². The van der Waals surface area contributed by atoms with Gasteiger partial charge in [0.15, 0.2) is 11.5 Å². The van der Waals surface area contributed by atoms with Gasteiger partial charge in [0.05, 0.1) is 17.2 Å². The number of nitrogens with zero attached hydrogens (tertiary/aromatic N) is 3. The van der Waals surface area contributed by atoms with Crippen LogP contribution < -0.4 is 20.1 Å². The van der Waals surface area contributed by atoms with Crippen LogP contribution in [0.5, 0.6) is 11.5 Å². The van der Waals surface area contributed by atoms with Gasteiger partial charge in [-0.2, -0.15) is 4.98 Å². The Morgan fingerprint density at radius 1 is 1.12 bits per heavy atom. The van der Waals surface area contributed by atoms with Crippen LogP contribution >= 0.6 is 27.7 Å². The van der Waals surface area contributed by atoms with Crippen molar-refractivity contribution in [1.82, 2.24) is 14.8 Å². The zero-order valence-electron chi connectivity index (χ0n) is 24.3. The zero-order chi connectivity index (χ0) is 29.8. The van der Waals surface area contributed by atoms with E-state index in [1.807, 2.05) is 62.4 Å². The van der Waals surface area contributed by atoms with Crippen LogP contribution in [0, 0.1) is 13.8 Å². The van der Waals surface area contributed by atoms with Crippen molar-refractivity contribution in [2.75, 3.05) is 23.5 Å². The first-order valence-corrected chi connectivity index (χ1v) is 15.6. The highest BCUT2D eigenvalue weighted by Gasteiger charge is 2.35. The fraction of sp³-hybridized carbons (Fsp3) is 0.281. The normalized spacial score (nSPS) is 14.3. The minimum Gasteiger partial charge on any atom is -0.493 e. The third-order valence-electron chi connectivity index (χ3n) is 6.94. The highest BCUT2D eigenvalue weighted by molar-refractivity contribution is 9.10. The van der Waals surface area contributed by atoms with Crippen molar-refractivity contribution in [2.45, 2.75) is 51.9 Å². The molecule has 2 heterocycles. The van der Waals surface area contributed by atoms with Crippen molar-refractivity contribution < 1.29 is 14.3 Å². The van der Waals surface area contributed by atoms with Crippen LogP contribution in [0.1, 0.15) is 48.6 Å². The number of methoxy groups -OCH3 is 1. The number of aryl methyl sites for hydroxylation is 2. The van der Waals surface area contributed by atoms with E-state index < -0.39 is 6.04 Å². The molecule has 0 fully saturated rings. The topological polar surface area (TPSA) is 90.3 Å². The number of rotatable bonds is 10. The second kappa shape index (κ2) is 13.0. The Labute approximate surface area is 259 Å². The molecule has 4 aromatic rings. The molecule has 42 heavy (non-hydrogen) atoms. The number of nitrogens with one attached hydrogen (secondary N) is 2. The fourth-order valence-electron chi connectivity index (χ4n) is 4.89. The quantitative estimate of drug-likeness (QED) is 0.171. The molecule has 0 spiro atoms. The maximum atomic E-state index is 14.0. The van der Waals surface area contributed by atoms with E-state index in [4.69, 9.17) is 19.6 Å². The maximum Gasteiger partial charge on any atom is 0.255 e. The van der Waals surface area contributed by atoms with E-state index in [0.717, 1.165) is 34.6 Å². The largest absolute Gasteiger partial charge is 0.493 e. The van der Waals surface area contributed by atoms with Gasteiger partial charge in [0.2, 0.25) is 11.1 Å². The Morgan fingerprint density at radius 2 is 1.93 bits per heavy atom. The van der Waals surface area contributed by atoms with Crippen molar-refractivity contribution in [3.63, 3.8) is 0 Å². The molecule has 1 amide bonds. The standard InChI is InChI=1S/C32H34BrN5O3S/c1-6-14-42-32-36-31-34-21(4)27(30(39)35-25-13-8-7-11-20(25)3)28(38(31)37-32)23-16-24(33)29(26(17-23)40-5)41-18-22-12-9-10-19(2)15-22/h7-13,15-17,28H,6,14,18H2,1-5H3,(H,35,39)(H,34,36,37). The molecule has 1 aromatic heterocycles. The fourth-order valence-corrected chi connectivity index (χ4v) is 6.14. The summed E-state index contributed by atoms with van der Waals surface area (Å²) < 4.78 is 14.5. The van der Waals surface area contributed by atoms with Crippen LogP contribution in [0.15, 0.2) is 81.6 Å². The van der Waals surface area contributed by atoms with Gasteiger partial charge in [0.1, 0.15) is 12.6 Å². The maximum absolute atomic E-state index is 14.0. The molecule has 10 heteroatoms. The lowest BCUT2D eigenvalue weighted by Gasteiger charge is -2.29. The highest BCUT2D eigenvalue weighted by Crippen LogP contribution is 2.43. The monoisotopic (exact) mass is 647 g/mol. The summed E-state index contributed by atoms with van der Waals surface area (Å²) in [6.45, 7) is 8.43. The number of aromatic nitrogens is 3. The number of benzene rings is 3. The second-order valence-electron chi connectivity index (χ2n) is 10.2. The Hall–Kier alpha value is -3.76. The number of carbonyl (C=O) groups excluding carboxylic acids is 1. The molecule has 2 N–H and O–H groups in total. The average Bonchev–Trinajstić information content (AvgIpc) is 3.37. The third-order valence-corrected chi connectivity index (χ3v) is 8.57. The Balaban J connectivity index is 1.56. The number of carbonyl (C=O) groups is 1. The van der Waals surface area contributed by atoms with E-state index in [1.54, 1.807) is 23.6 Å². The average molecular weight is 649 g/mol. The van der Waals surface area contributed by atoms with Gasteiger partial charge in [-0.1, -0.05) is 66.7 Å². The molecule has 0 aliphatic carbocycles. The molecule has 0 bridgehead atoms. The molecule has 3 aromatic carbocycles. The number of hydrogen-bond acceptors (Lipinski definition) is 7. The van der Waals surface area contributed by atoms with Crippen LogP contribution in [-0.2, 0) is 11.4 Å². The number of fused-ring (bicyclic) bond motifs is 1. The van der Waals surface area contributed by atoms with Crippen molar-refractivity contribution >= 4 is 45.2 Å². The number of allylic oxidation sites excluding steroid dienone is 1. The van der Waals surface area contributed by atoms with Gasteiger partial charge in [-0.3, -0.25) is 4.79 Å². The summed E-state index contributed by atoms with van der Waals surface area (Å²) in [5, 5.41) is 11.9. The van der Waals surface area contributed by atoms with Crippen molar-refractivity contribution in [3.8, 4) is 11.5 Å². The zero-order valence-corrected chi connectivity index (χ0v) is 26.7. The van der Waals surface area contributed by atoms with Gasteiger partial charge in [-0.25, -0.2) is 4.68 Å². The number of halogens is 1. The van der Waals surface area contributed by atoms with E-state index in [-0.39, 0.29) is 5.91 Å². The summed E-state index contributed by atoms with van der Waals surface area (Å²) in [5.41, 5.74) is 5.99. The van der Waals surface area contributed by atoms with E-state index >= 15 is 0 Å². The Kier molecular flexibility index (Phi) is 9.23. The van der Waals surface area contributed by atoms with Crippen molar-refractivity contribution in [3.05, 3.63) is 98.7 Å². The van der Waals surface area contributed by atoms with E-state index in [2.05, 4.69) is 52.5 Å². The van der Waals surface area contributed by atoms with E-state index in [1.165, 1.54) is 5.56 Å². The van der Waals surface area contributed by atoms with Crippen molar-refractivity contribution in [2.24, 2.45) is 0 Å². The van der Waals surface area contributed by atoms with Gasteiger partial charge in [0, 0.05) is 17.1 Å². The van der Waals surface area contributed by atoms with Crippen LogP contribution in [0.2, 0.25) is 0 Å². The molecule has 0 radical (unpaired) electrons. The molecule has 0 saturated heterocycles. The molecule has 0 saturated carbocycles. The Morgan fingerprint density at radius 3 is 2.67 bits per heavy atom. The number of anilines is 2. The number of para-hydroxylation sites is 1.